The highest BCUT2D eigenvalue weighted by Crippen LogP contribution is 2.30. The minimum atomic E-state index is -0.223. The van der Waals surface area contributed by atoms with Crippen molar-refractivity contribution >= 4 is 39.8 Å². The Bertz CT molecular complexity index is 759. The maximum atomic E-state index is 12.2. The molecule has 2 heterocycles. The molecule has 0 bridgehead atoms. The van der Waals surface area contributed by atoms with Crippen molar-refractivity contribution in [2.75, 3.05) is 18.5 Å². The van der Waals surface area contributed by atoms with Crippen LogP contribution in [0.25, 0.3) is 0 Å². The van der Waals surface area contributed by atoms with Gasteiger partial charge in [-0.15, -0.1) is 10.2 Å². The van der Waals surface area contributed by atoms with Gasteiger partial charge in [-0.25, -0.2) is 0 Å². The third kappa shape index (κ3) is 5.18. The van der Waals surface area contributed by atoms with Gasteiger partial charge in [-0.05, 0) is 56.9 Å². The lowest BCUT2D eigenvalue weighted by Gasteiger charge is -2.13. The highest BCUT2D eigenvalue weighted by Gasteiger charge is 2.20. The Morgan fingerprint density at radius 1 is 1.38 bits per heavy atom. The number of rotatable bonds is 7. The monoisotopic (exact) mass is 392 g/mol. The van der Waals surface area contributed by atoms with Crippen molar-refractivity contribution in [2.45, 2.75) is 49.3 Å². The minimum absolute atomic E-state index is 0.00404. The first-order valence-electron chi connectivity index (χ1n) is 8.75. The van der Waals surface area contributed by atoms with Crippen molar-refractivity contribution < 1.29 is 9.53 Å². The standard InChI is InChI=1S/C18H24N4O2S2/c1-11-6-7-14(9-12(11)2)20-17-21-22-18(26-17)25-13(3)16(23)19-10-15-5-4-8-24-15/h6-7,9,13,15H,4-5,8,10H2,1-3H3,(H,19,23)(H,20,21)/t13-,15-/m1/s1. The van der Waals surface area contributed by atoms with Crippen LogP contribution in [0.5, 0.6) is 0 Å². The van der Waals surface area contributed by atoms with Gasteiger partial charge in [0, 0.05) is 18.8 Å². The zero-order valence-corrected chi connectivity index (χ0v) is 16.9. The van der Waals surface area contributed by atoms with Crippen LogP contribution in [0.15, 0.2) is 22.5 Å². The summed E-state index contributed by atoms with van der Waals surface area (Å²) in [4.78, 5) is 12.2. The lowest BCUT2D eigenvalue weighted by molar-refractivity contribution is -0.120. The number of carbonyl (C=O) groups excluding carboxylic acids is 1. The molecular weight excluding hydrogens is 368 g/mol. The number of hydrogen-bond donors (Lipinski definition) is 2. The Kier molecular flexibility index (Phi) is 6.50. The third-order valence-corrected chi connectivity index (χ3v) is 6.36. The number of nitrogens with one attached hydrogen (secondary N) is 2. The molecule has 26 heavy (non-hydrogen) atoms. The summed E-state index contributed by atoms with van der Waals surface area (Å²) in [7, 11) is 0. The second-order valence-electron chi connectivity index (χ2n) is 6.44. The molecule has 8 heteroatoms. The maximum Gasteiger partial charge on any atom is 0.233 e. The highest BCUT2D eigenvalue weighted by molar-refractivity contribution is 8.02. The average molecular weight is 393 g/mol. The summed E-state index contributed by atoms with van der Waals surface area (Å²) in [6.07, 6.45) is 2.25. The van der Waals surface area contributed by atoms with E-state index in [9.17, 15) is 4.79 Å². The molecule has 0 aliphatic carbocycles. The van der Waals surface area contributed by atoms with Gasteiger partial charge in [-0.1, -0.05) is 29.2 Å². The van der Waals surface area contributed by atoms with Gasteiger partial charge in [-0.2, -0.15) is 0 Å². The van der Waals surface area contributed by atoms with E-state index < -0.39 is 0 Å². The first-order valence-corrected chi connectivity index (χ1v) is 10.4. The maximum absolute atomic E-state index is 12.2. The van der Waals surface area contributed by atoms with E-state index in [0.717, 1.165) is 34.6 Å². The van der Waals surface area contributed by atoms with E-state index >= 15 is 0 Å². The van der Waals surface area contributed by atoms with Crippen molar-refractivity contribution in [3.05, 3.63) is 29.3 Å². The average Bonchev–Trinajstić information content (AvgIpc) is 3.28. The smallest absolute Gasteiger partial charge is 0.233 e. The van der Waals surface area contributed by atoms with Gasteiger partial charge in [0.15, 0.2) is 4.34 Å². The van der Waals surface area contributed by atoms with Gasteiger partial charge in [0.05, 0.1) is 11.4 Å². The molecule has 1 saturated heterocycles. The zero-order valence-electron chi connectivity index (χ0n) is 15.2. The summed E-state index contributed by atoms with van der Waals surface area (Å²) < 4.78 is 6.30. The number of ether oxygens (including phenoxy) is 1. The quantitative estimate of drug-likeness (QED) is 0.700. The van der Waals surface area contributed by atoms with Gasteiger partial charge in [0.2, 0.25) is 11.0 Å². The van der Waals surface area contributed by atoms with Gasteiger partial charge in [0.1, 0.15) is 0 Å². The lowest BCUT2D eigenvalue weighted by atomic mass is 10.1. The number of aryl methyl sites for hydroxylation is 2. The molecule has 1 aliphatic rings. The number of anilines is 2. The molecule has 140 valence electrons. The van der Waals surface area contributed by atoms with Gasteiger partial charge in [0.25, 0.3) is 0 Å². The molecule has 1 aliphatic heterocycles. The van der Waals surface area contributed by atoms with Crippen molar-refractivity contribution in [3.63, 3.8) is 0 Å². The van der Waals surface area contributed by atoms with Crippen molar-refractivity contribution in [1.29, 1.82) is 0 Å². The number of nitrogens with zero attached hydrogens (tertiary/aromatic N) is 2. The second-order valence-corrected chi connectivity index (χ2v) is 9.00. The predicted molar refractivity (Wildman–Crippen MR) is 106 cm³/mol. The molecule has 1 amide bonds. The van der Waals surface area contributed by atoms with Crippen LogP contribution in [0, 0.1) is 13.8 Å². The SMILES string of the molecule is Cc1ccc(Nc2nnc(S[C@H](C)C(=O)NC[C@H]3CCCO3)s2)cc1C. The second kappa shape index (κ2) is 8.83. The highest BCUT2D eigenvalue weighted by atomic mass is 32.2. The number of carbonyl (C=O) groups is 1. The fourth-order valence-corrected chi connectivity index (χ4v) is 4.56. The van der Waals surface area contributed by atoms with Crippen LogP contribution < -0.4 is 10.6 Å². The largest absolute Gasteiger partial charge is 0.376 e. The molecule has 2 atom stereocenters. The molecule has 1 aromatic carbocycles. The predicted octanol–water partition coefficient (Wildman–Crippen LogP) is 3.67. The molecule has 2 N–H and O–H groups in total. The molecule has 0 saturated carbocycles. The zero-order chi connectivity index (χ0) is 18.5. The number of thioether (sulfide) groups is 1. The Labute approximate surface area is 162 Å². The Balaban J connectivity index is 1.50. The Morgan fingerprint density at radius 3 is 2.96 bits per heavy atom. The van der Waals surface area contributed by atoms with E-state index in [1.54, 1.807) is 0 Å². The Morgan fingerprint density at radius 2 is 2.23 bits per heavy atom. The van der Waals surface area contributed by atoms with Gasteiger partial charge >= 0.3 is 0 Å². The van der Waals surface area contributed by atoms with Crippen LogP contribution in [-0.2, 0) is 9.53 Å². The van der Waals surface area contributed by atoms with Crippen LogP contribution in [-0.4, -0.2) is 40.6 Å². The lowest BCUT2D eigenvalue weighted by Crippen LogP contribution is -2.36. The topological polar surface area (TPSA) is 76.1 Å². The number of aromatic nitrogens is 2. The molecule has 1 fully saturated rings. The molecule has 1 aromatic heterocycles. The van der Waals surface area contributed by atoms with Crippen LogP contribution in [0.4, 0.5) is 10.8 Å². The summed E-state index contributed by atoms with van der Waals surface area (Å²) in [5, 5.41) is 15.1. The molecule has 0 unspecified atom stereocenters. The van der Waals surface area contributed by atoms with Crippen LogP contribution in [0.2, 0.25) is 0 Å². The molecule has 6 nitrogen and oxygen atoms in total. The molecule has 0 radical (unpaired) electrons. The van der Waals surface area contributed by atoms with E-state index in [1.807, 2.05) is 13.0 Å². The van der Waals surface area contributed by atoms with E-state index in [4.69, 9.17) is 4.74 Å². The normalized spacial score (nSPS) is 17.9. The first kappa shape index (κ1) is 19.1. The van der Waals surface area contributed by atoms with Crippen molar-refractivity contribution in [1.82, 2.24) is 15.5 Å². The summed E-state index contributed by atoms with van der Waals surface area (Å²) in [5.41, 5.74) is 3.47. The van der Waals surface area contributed by atoms with Gasteiger partial charge in [-0.3, -0.25) is 4.79 Å². The van der Waals surface area contributed by atoms with Crippen molar-refractivity contribution in [2.24, 2.45) is 0 Å². The molecule has 0 spiro atoms. The van der Waals surface area contributed by atoms with E-state index in [0.29, 0.717) is 6.54 Å². The minimum Gasteiger partial charge on any atom is -0.376 e. The van der Waals surface area contributed by atoms with Gasteiger partial charge < -0.3 is 15.4 Å². The van der Waals surface area contributed by atoms with E-state index in [-0.39, 0.29) is 17.3 Å². The molecule has 2 aromatic rings. The summed E-state index contributed by atoms with van der Waals surface area (Å²) >= 11 is 2.88. The number of benzene rings is 1. The number of hydrogen-bond acceptors (Lipinski definition) is 7. The summed E-state index contributed by atoms with van der Waals surface area (Å²) in [6, 6.07) is 6.19. The van der Waals surface area contributed by atoms with Crippen LogP contribution >= 0.6 is 23.1 Å². The summed E-state index contributed by atoms with van der Waals surface area (Å²) in [6.45, 7) is 7.43. The van der Waals surface area contributed by atoms with Crippen LogP contribution in [0.3, 0.4) is 0 Å². The van der Waals surface area contributed by atoms with E-state index in [2.05, 4.69) is 46.8 Å². The summed E-state index contributed by atoms with van der Waals surface area (Å²) in [5.74, 6) is 0.00404. The molecular formula is C18H24N4O2S2. The number of amides is 1. The fourth-order valence-electron chi connectivity index (χ4n) is 2.62. The Hall–Kier alpha value is -1.64. The van der Waals surface area contributed by atoms with Crippen LogP contribution in [0.1, 0.15) is 30.9 Å². The third-order valence-electron chi connectivity index (χ3n) is 4.34. The fraction of sp³-hybridized carbons (Fsp3) is 0.500. The van der Waals surface area contributed by atoms with E-state index in [1.165, 1.54) is 34.2 Å². The first-order chi connectivity index (χ1) is 12.5. The van der Waals surface area contributed by atoms with Crippen molar-refractivity contribution in [3.8, 4) is 0 Å². The molecule has 3 rings (SSSR count).